The van der Waals surface area contributed by atoms with Crippen LogP contribution in [-0.4, -0.2) is 16.2 Å². The van der Waals surface area contributed by atoms with Crippen LogP contribution >= 0.6 is 0 Å². The Kier molecular flexibility index (Phi) is 2.65. The molecule has 0 amide bonds. The summed E-state index contributed by atoms with van der Waals surface area (Å²) >= 11 is 0. The molecule has 1 aromatic heterocycles. The van der Waals surface area contributed by atoms with Gasteiger partial charge in [-0.1, -0.05) is 5.16 Å². The number of carboxylic acid groups (broad SMARTS) is 1. The topological polar surface area (TPSA) is 63.3 Å². The van der Waals surface area contributed by atoms with Crippen molar-refractivity contribution in [2.24, 2.45) is 5.92 Å². The van der Waals surface area contributed by atoms with Crippen molar-refractivity contribution in [1.29, 1.82) is 0 Å². The van der Waals surface area contributed by atoms with Crippen molar-refractivity contribution < 1.29 is 14.4 Å². The van der Waals surface area contributed by atoms with Crippen molar-refractivity contribution in [3.05, 3.63) is 17.0 Å². The average Bonchev–Trinajstić information content (AvgIpc) is 2.90. The molecule has 0 saturated heterocycles. The molecule has 3 rings (SSSR count). The van der Waals surface area contributed by atoms with Crippen molar-refractivity contribution in [3.63, 3.8) is 0 Å². The minimum atomic E-state index is -0.645. The predicted molar refractivity (Wildman–Crippen MR) is 60.9 cm³/mol. The van der Waals surface area contributed by atoms with Gasteiger partial charge in [-0.3, -0.25) is 4.79 Å². The predicted octanol–water partition coefficient (Wildman–Crippen LogP) is 2.52. The first-order valence-corrected chi connectivity index (χ1v) is 6.46. The van der Waals surface area contributed by atoms with Crippen LogP contribution in [0.1, 0.15) is 55.0 Å². The molecule has 0 radical (unpaired) electrons. The van der Waals surface area contributed by atoms with E-state index in [-0.39, 0.29) is 5.92 Å². The average molecular weight is 235 g/mol. The van der Waals surface area contributed by atoms with Crippen LogP contribution in [0.4, 0.5) is 0 Å². The van der Waals surface area contributed by atoms with Crippen LogP contribution in [-0.2, 0) is 17.6 Å². The highest BCUT2D eigenvalue weighted by Crippen LogP contribution is 2.39. The van der Waals surface area contributed by atoms with E-state index < -0.39 is 5.97 Å². The normalized spacial score (nSPS) is 28.0. The highest BCUT2D eigenvalue weighted by Gasteiger charge is 2.31. The Labute approximate surface area is 100.0 Å². The smallest absolute Gasteiger partial charge is 0.306 e. The van der Waals surface area contributed by atoms with Gasteiger partial charge in [-0.05, 0) is 38.5 Å². The zero-order valence-electron chi connectivity index (χ0n) is 9.82. The fourth-order valence-electron chi connectivity index (χ4n) is 3.18. The number of rotatable bonds is 2. The number of hydrogen-bond donors (Lipinski definition) is 1. The summed E-state index contributed by atoms with van der Waals surface area (Å²) in [6, 6.07) is 0. The van der Waals surface area contributed by atoms with E-state index in [1.165, 1.54) is 12.0 Å². The van der Waals surface area contributed by atoms with E-state index in [9.17, 15) is 4.79 Å². The van der Waals surface area contributed by atoms with Crippen LogP contribution in [0, 0.1) is 5.92 Å². The summed E-state index contributed by atoms with van der Waals surface area (Å²) < 4.78 is 5.37. The molecule has 1 N–H and O–H groups in total. The third kappa shape index (κ3) is 1.85. The van der Waals surface area contributed by atoms with Gasteiger partial charge in [0.15, 0.2) is 0 Å². The second-order valence-electron chi connectivity index (χ2n) is 5.21. The van der Waals surface area contributed by atoms with Crippen LogP contribution < -0.4 is 0 Å². The Morgan fingerprint density at radius 1 is 1.24 bits per heavy atom. The van der Waals surface area contributed by atoms with Crippen molar-refractivity contribution in [2.45, 2.75) is 50.9 Å². The van der Waals surface area contributed by atoms with Gasteiger partial charge in [0.25, 0.3) is 0 Å². The van der Waals surface area contributed by atoms with Gasteiger partial charge in [-0.15, -0.1) is 0 Å². The van der Waals surface area contributed by atoms with E-state index in [1.807, 2.05) is 0 Å². The molecule has 0 spiro atoms. The van der Waals surface area contributed by atoms with Gasteiger partial charge in [-0.25, -0.2) is 0 Å². The molecule has 4 heteroatoms. The quantitative estimate of drug-likeness (QED) is 0.855. The molecule has 0 unspecified atom stereocenters. The lowest BCUT2D eigenvalue weighted by atomic mass is 9.79. The number of fused-ring (bicyclic) bond motifs is 1. The number of carboxylic acids is 1. The molecule has 1 heterocycles. The molecule has 1 aromatic rings. The maximum atomic E-state index is 10.9. The van der Waals surface area contributed by atoms with E-state index in [2.05, 4.69) is 5.16 Å². The number of carbonyl (C=O) groups is 1. The summed E-state index contributed by atoms with van der Waals surface area (Å²) in [6.07, 6.45) is 6.73. The SMILES string of the molecule is O=C(O)C1CCC(c2noc3c2CCC3)CC1. The third-order valence-corrected chi connectivity index (χ3v) is 4.19. The third-order valence-electron chi connectivity index (χ3n) is 4.19. The number of nitrogens with zero attached hydrogens (tertiary/aromatic N) is 1. The first-order valence-electron chi connectivity index (χ1n) is 6.46. The molecule has 2 aliphatic rings. The summed E-state index contributed by atoms with van der Waals surface area (Å²) in [6.45, 7) is 0. The van der Waals surface area contributed by atoms with E-state index >= 15 is 0 Å². The maximum Gasteiger partial charge on any atom is 0.306 e. The second-order valence-corrected chi connectivity index (χ2v) is 5.21. The van der Waals surface area contributed by atoms with Crippen molar-refractivity contribution >= 4 is 5.97 Å². The summed E-state index contributed by atoms with van der Waals surface area (Å²) in [4.78, 5) is 10.9. The van der Waals surface area contributed by atoms with Crippen LogP contribution in [0.15, 0.2) is 4.52 Å². The highest BCUT2D eigenvalue weighted by molar-refractivity contribution is 5.70. The molecule has 1 fully saturated rings. The molecular formula is C13H17NO3. The van der Waals surface area contributed by atoms with Crippen molar-refractivity contribution in [2.75, 3.05) is 0 Å². The molecular weight excluding hydrogens is 218 g/mol. The van der Waals surface area contributed by atoms with E-state index in [0.29, 0.717) is 5.92 Å². The maximum absolute atomic E-state index is 10.9. The first kappa shape index (κ1) is 10.8. The lowest BCUT2D eigenvalue weighted by Crippen LogP contribution is -2.21. The van der Waals surface area contributed by atoms with Crippen LogP contribution in [0.25, 0.3) is 0 Å². The van der Waals surface area contributed by atoms with Crippen LogP contribution in [0.2, 0.25) is 0 Å². The lowest BCUT2D eigenvalue weighted by Gasteiger charge is -2.24. The Balaban J connectivity index is 1.72. The van der Waals surface area contributed by atoms with E-state index in [0.717, 1.165) is 50.0 Å². The zero-order chi connectivity index (χ0) is 11.8. The van der Waals surface area contributed by atoms with Crippen molar-refractivity contribution in [3.8, 4) is 0 Å². The van der Waals surface area contributed by atoms with Gasteiger partial charge >= 0.3 is 5.97 Å². The minimum Gasteiger partial charge on any atom is -0.481 e. The lowest BCUT2D eigenvalue weighted by molar-refractivity contribution is -0.142. The highest BCUT2D eigenvalue weighted by atomic mass is 16.5. The molecule has 0 aromatic carbocycles. The minimum absolute atomic E-state index is 0.147. The Hall–Kier alpha value is -1.32. The molecule has 92 valence electrons. The fraction of sp³-hybridized carbons (Fsp3) is 0.692. The van der Waals surface area contributed by atoms with Gasteiger partial charge in [0.05, 0.1) is 11.6 Å². The number of aryl methyl sites for hydroxylation is 1. The molecule has 0 aliphatic heterocycles. The largest absolute Gasteiger partial charge is 0.481 e. The number of hydrogen-bond acceptors (Lipinski definition) is 3. The molecule has 0 atom stereocenters. The summed E-state index contributed by atoms with van der Waals surface area (Å²) in [7, 11) is 0. The van der Waals surface area contributed by atoms with E-state index in [1.54, 1.807) is 0 Å². The van der Waals surface area contributed by atoms with Gasteiger partial charge in [0.2, 0.25) is 0 Å². The van der Waals surface area contributed by atoms with Gasteiger partial charge in [-0.2, -0.15) is 0 Å². The van der Waals surface area contributed by atoms with E-state index in [4.69, 9.17) is 9.63 Å². The standard InChI is InChI=1S/C13H17NO3/c15-13(16)9-6-4-8(5-7-9)12-10-2-1-3-11(10)17-14-12/h8-9H,1-7H2,(H,15,16). The first-order chi connectivity index (χ1) is 8.25. The van der Waals surface area contributed by atoms with Crippen molar-refractivity contribution in [1.82, 2.24) is 5.16 Å². The van der Waals surface area contributed by atoms with Crippen LogP contribution in [0.5, 0.6) is 0 Å². The van der Waals surface area contributed by atoms with Gasteiger partial charge in [0, 0.05) is 17.9 Å². The Bertz CT molecular complexity index is 430. The van der Waals surface area contributed by atoms with Gasteiger partial charge in [0.1, 0.15) is 5.76 Å². The number of aliphatic carboxylic acids is 1. The van der Waals surface area contributed by atoms with Gasteiger partial charge < -0.3 is 9.63 Å². The zero-order valence-corrected chi connectivity index (χ0v) is 9.82. The molecule has 2 aliphatic carbocycles. The molecule has 17 heavy (non-hydrogen) atoms. The molecule has 4 nitrogen and oxygen atoms in total. The molecule has 0 bridgehead atoms. The summed E-state index contributed by atoms with van der Waals surface area (Å²) in [5.74, 6) is 0.705. The summed E-state index contributed by atoms with van der Waals surface area (Å²) in [5, 5.41) is 13.2. The number of aromatic nitrogens is 1. The van der Waals surface area contributed by atoms with Crippen LogP contribution in [0.3, 0.4) is 0 Å². The summed E-state index contributed by atoms with van der Waals surface area (Å²) in [5.41, 5.74) is 2.45. The Morgan fingerprint density at radius 3 is 2.71 bits per heavy atom. The second kappa shape index (κ2) is 4.17. The molecule has 1 saturated carbocycles. The fourth-order valence-corrected chi connectivity index (χ4v) is 3.18. The monoisotopic (exact) mass is 235 g/mol. The Morgan fingerprint density at radius 2 is 2.00 bits per heavy atom.